The van der Waals surface area contributed by atoms with Gasteiger partial charge < -0.3 is 10.3 Å². The number of rotatable bonds is 5. The summed E-state index contributed by atoms with van der Waals surface area (Å²) in [5, 5.41) is 3.44. The van der Waals surface area contributed by atoms with E-state index in [2.05, 4.69) is 54.3 Å². The fourth-order valence-corrected chi connectivity index (χ4v) is 1.96. The average molecular weight is 231 g/mol. The molecule has 1 unspecified atom stereocenters. The lowest BCUT2D eigenvalue weighted by atomic mass is 10.1. The van der Waals surface area contributed by atoms with E-state index < -0.39 is 0 Å². The molecule has 0 amide bonds. The van der Waals surface area contributed by atoms with Crippen LogP contribution >= 0.6 is 0 Å². The molecule has 3 nitrogen and oxygen atoms in total. The first kappa shape index (κ1) is 12.1. The molecule has 2 aromatic rings. The zero-order valence-electron chi connectivity index (χ0n) is 10.9. The molecule has 0 bridgehead atoms. The van der Waals surface area contributed by atoms with E-state index in [4.69, 9.17) is 0 Å². The van der Waals surface area contributed by atoms with Crippen LogP contribution in [0.25, 0.3) is 11.0 Å². The SMILES string of the molecule is CCCNC(C)c1nc2ccc(CC)cc2[nH]1. The van der Waals surface area contributed by atoms with Gasteiger partial charge in [-0.1, -0.05) is 19.9 Å². The van der Waals surface area contributed by atoms with Gasteiger partial charge in [0.05, 0.1) is 17.1 Å². The predicted molar refractivity (Wildman–Crippen MR) is 72.2 cm³/mol. The first-order chi connectivity index (χ1) is 8.24. The van der Waals surface area contributed by atoms with E-state index in [0.29, 0.717) is 0 Å². The molecule has 3 heteroatoms. The van der Waals surface area contributed by atoms with Gasteiger partial charge in [0.2, 0.25) is 0 Å². The van der Waals surface area contributed by atoms with E-state index in [0.717, 1.165) is 36.2 Å². The summed E-state index contributed by atoms with van der Waals surface area (Å²) in [5.74, 6) is 1.03. The Morgan fingerprint density at radius 1 is 1.35 bits per heavy atom. The fraction of sp³-hybridized carbons (Fsp3) is 0.500. The van der Waals surface area contributed by atoms with Gasteiger partial charge in [0.15, 0.2) is 0 Å². The standard InChI is InChI=1S/C14H21N3/c1-4-8-15-10(3)14-16-12-7-6-11(5-2)9-13(12)17-14/h6-7,9-10,15H,4-5,8H2,1-3H3,(H,16,17). The van der Waals surface area contributed by atoms with E-state index in [9.17, 15) is 0 Å². The van der Waals surface area contributed by atoms with Gasteiger partial charge in [-0.25, -0.2) is 4.98 Å². The number of nitrogens with zero attached hydrogens (tertiary/aromatic N) is 1. The number of H-pyrrole nitrogens is 1. The minimum absolute atomic E-state index is 0.285. The quantitative estimate of drug-likeness (QED) is 0.829. The summed E-state index contributed by atoms with van der Waals surface area (Å²) in [6, 6.07) is 6.73. The Morgan fingerprint density at radius 3 is 2.88 bits per heavy atom. The van der Waals surface area contributed by atoms with Crippen molar-refractivity contribution in [2.45, 2.75) is 39.7 Å². The molecule has 0 aliphatic carbocycles. The molecular weight excluding hydrogens is 210 g/mol. The number of aromatic nitrogens is 2. The first-order valence-corrected chi connectivity index (χ1v) is 6.46. The smallest absolute Gasteiger partial charge is 0.124 e. The highest BCUT2D eigenvalue weighted by Crippen LogP contribution is 2.17. The van der Waals surface area contributed by atoms with Crippen LogP contribution in [-0.4, -0.2) is 16.5 Å². The molecule has 92 valence electrons. The third kappa shape index (κ3) is 2.67. The Kier molecular flexibility index (Phi) is 3.79. The van der Waals surface area contributed by atoms with Crippen molar-refractivity contribution >= 4 is 11.0 Å². The van der Waals surface area contributed by atoms with E-state index in [1.54, 1.807) is 0 Å². The summed E-state index contributed by atoms with van der Waals surface area (Å²) < 4.78 is 0. The minimum Gasteiger partial charge on any atom is -0.341 e. The van der Waals surface area contributed by atoms with E-state index in [1.165, 1.54) is 5.56 Å². The highest BCUT2D eigenvalue weighted by Gasteiger charge is 2.09. The van der Waals surface area contributed by atoms with E-state index in [-0.39, 0.29) is 6.04 Å². The van der Waals surface area contributed by atoms with Gasteiger partial charge in [-0.2, -0.15) is 0 Å². The van der Waals surface area contributed by atoms with Crippen molar-refractivity contribution in [2.24, 2.45) is 0 Å². The zero-order valence-corrected chi connectivity index (χ0v) is 10.9. The normalized spacial score (nSPS) is 13.1. The Bertz CT molecular complexity index is 487. The van der Waals surface area contributed by atoms with Crippen LogP contribution in [0, 0.1) is 0 Å². The van der Waals surface area contributed by atoms with Gasteiger partial charge in [-0.05, 0) is 44.0 Å². The van der Waals surface area contributed by atoms with E-state index >= 15 is 0 Å². The summed E-state index contributed by atoms with van der Waals surface area (Å²) in [6.45, 7) is 7.52. The van der Waals surface area contributed by atoms with Crippen molar-refractivity contribution in [3.05, 3.63) is 29.6 Å². The summed E-state index contributed by atoms with van der Waals surface area (Å²) in [5.41, 5.74) is 3.55. The van der Waals surface area contributed by atoms with Crippen LogP contribution in [0.5, 0.6) is 0 Å². The average Bonchev–Trinajstić information content (AvgIpc) is 2.78. The molecule has 1 heterocycles. The zero-order chi connectivity index (χ0) is 12.3. The number of benzene rings is 1. The molecule has 0 aliphatic rings. The molecule has 1 atom stereocenters. The molecule has 0 radical (unpaired) electrons. The van der Waals surface area contributed by atoms with Crippen molar-refractivity contribution in [3.63, 3.8) is 0 Å². The van der Waals surface area contributed by atoms with Gasteiger partial charge in [0.25, 0.3) is 0 Å². The van der Waals surface area contributed by atoms with Gasteiger partial charge in [0, 0.05) is 0 Å². The Hall–Kier alpha value is -1.35. The van der Waals surface area contributed by atoms with Crippen molar-refractivity contribution in [1.29, 1.82) is 0 Å². The lowest BCUT2D eigenvalue weighted by Gasteiger charge is -2.09. The molecule has 1 aromatic carbocycles. The van der Waals surface area contributed by atoms with Crippen LogP contribution in [0.2, 0.25) is 0 Å². The molecule has 17 heavy (non-hydrogen) atoms. The van der Waals surface area contributed by atoms with Crippen LogP contribution in [0.1, 0.15) is 44.6 Å². The third-order valence-electron chi connectivity index (χ3n) is 3.08. The van der Waals surface area contributed by atoms with Crippen LogP contribution in [0.4, 0.5) is 0 Å². The summed E-state index contributed by atoms with van der Waals surface area (Å²) >= 11 is 0. The summed E-state index contributed by atoms with van der Waals surface area (Å²) in [4.78, 5) is 8.03. The monoisotopic (exact) mass is 231 g/mol. The summed E-state index contributed by atoms with van der Waals surface area (Å²) in [7, 11) is 0. The number of nitrogens with one attached hydrogen (secondary N) is 2. The Morgan fingerprint density at radius 2 is 2.18 bits per heavy atom. The topological polar surface area (TPSA) is 40.7 Å². The Balaban J connectivity index is 2.24. The van der Waals surface area contributed by atoms with Crippen LogP contribution in [0.3, 0.4) is 0 Å². The molecule has 0 spiro atoms. The Labute approximate surface area is 103 Å². The van der Waals surface area contributed by atoms with Gasteiger partial charge in [-0.15, -0.1) is 0 Å². The second-order valence-corrected chi connectivity index (χ2v) is 4.50. The maximum absolute atomic E-state index is 4.62. The number of hydrogen-bond donors (Lipinski definition) is 2. The number of aromatic amines is 1. The van der Waals surface area contributed by atoms with Crippen molar-refractivity contribution in [3.8, 4) is 0 Å². The fourth-order valence-electron chi connectivity index (χ4n) is 1.96. The lowest BCUT2D eigenvalue weighted by Crippen LogP contribution is -2.20. The molecule has 0 aliphatic heterocycles. The van der Waals surface area contributed by atoms with Crippen LogP contribution in [0.15, 0.2) is 18.2 Å². The number of hydrogen-bond acceptors (Lipinski definition) is 2. The lowest BCUT2D eigenvalue weighted by molar-refractivity contribution is 0.550. The molecular formula is C14H21N3. The molecule has 2 rings (SSSR count). The van der Waals surface area contributed by atoms with Gasteiger partial charge in [-0.3, -0.25) is 0 Å². The van der Waals surface area contributed by atoms with Crippen LogP contribution in [-0.2, 0) is 6.42 Å². The highest BCUT2D eigenvalue weighted by atomic mass is 15.0. The summed E-state index contributed by atoms with van der Waals surface area (Å²) in [6.07, 6.45) is 2.21. The first-order valence-electron chi connectivity index (χ1n) is 6.46. The van der Waals surface area contributed by atoms with Gasteiger partial charge >= 0.3 is 0 Å². The van der Waals surface area contributed by atoms with Crippen molar-refractivity contribution in [2.75, 3.05) is 6.54 Å². The number of aryl methyl sites for hydroxylation is 1. The maximum Gasteiger partial charge on any atom is 0.124 e. The van der Waals surface area contributed by atoms with Crippen molar-refractivity contribution in [1.82, 2.24) is 15.3 Å². The van der Waals surface area contributed by atoms with Crippen molar-refractivity contribution < 1.29 is 0 Å². The second-order valence-electron chi connectivity index (χ2n) is 4.50. The number of imidazole rings is 1. The highest BCUT2D eigenvalue weighted by molar-refractivity contribution is 5.75. The molecule has 0 fully saturated rings. The molecule has 2 N–H and O–H groups in total. The van der Waals surface area contributed by atoms with E-state index in [1.807, 2.05) is 0 Å². The third-order valence-corrected chi connectivity index (χ3v) is 3.08. The largest absolute Gasteiger partial charge is 0.341 e. The predicted octanol–water partition coefficient (Wildman–Crippen LogP) is 3.19. The molecule has 0 saturated heterocycles. The number of fused-ring (bicyclic) bond motifs is 1. The minimum atomic E-state index is 0.285. The van der Waals surface area contributed by atoms with Gasteiger partial charge in [0.1, 0.15) is 5.82 Å². The van der Waals surface area contributed by atoms with Crippen LogP contribution < -0.4 is 5.32 Å². The maximum atomic E-state index is 4.62. The second kappa shape index (κ2) is 5.32. The molecule has 1 aromatic heterocycles. The molecule has 0 saturated carbocycles.